The van der Waals surface area contributed by atoms with E-state index in [4.69, 9.17) is 0 Å². The van der Waals surface area contributed by atoms with Crippen LogP contribution in [0.1, 0.15) is 20.8 Å². The third-order valence-electron chi connectivity index (χ3n) is 4.41. The number of rotatable bonds is 10. The standard InChI is InChI=1S/C23H23FN2O2S2/c24-19-10-5-4-9-18(19)16-29-14-12-25-22(27)20(15-17-7-2-1-3-8-17)26-23(28)21-11-6-13-30-21/h1-11,13,20H,12,14-16H2,(H,25,27)(H,26,28)/t20-/m0/s1. The number of thiophene rings is 1. The molecule has 30 heavy (non-hydrogen) atoms. The maximum absolute atomic E-state index is 13.7. The van der Waals surface area contributed by atoms with Crippen LogP contribution in [-0.2, 0) is 17.0 Å². The lowest BCUT2D eigenvalue weighted by atomic mass is 10.1. The SMILES string of the molecule is O=C(N[C@@H](Cc1ccccc1)C(=O)NCCSCc1ccccc1F)c1cccs1. The molecule has 2 N–H and O–H groups in total. The summed E-state index contributed by atoms with van der Waals surface area (Å²) in [6.07, 6.45) is 0.409. The summed E-state index contributed by atoms with van der Waals surface area (Å²) in [5, 5.41) is 7.56. The molecule has 0 aliphatic rings. The molecule has 0 aliphatic carbocycles. The Hall–Kier alpha value is -2.64. The predicted molar refractivity (Wildman–Crippen MR) is 121 cm³/mol. The van der Waals surface area contributed by atoms with Crippen LogP contribution < -0.4 is 10.6 Å². The molecule has 0 fully saturated rings. The molecule has 1 heterocycles. The normalized spacial score (nSPS) is 11.6. The summed E-state index contributed by atoms with van der Waals surface area (Å²) in [5.74, 6) is 0.501. The Kier molecular flexibility index (Phi) is 8.47. The average molecular weight is 443 g/mol. The van der Waals surface area contributed by atoms with E-state index >= 15 is 0 Å². The Labute approximate surface area is 183 Å². The number of nitrogens with one attached hydrogen (secondary N) is 2. The summed E-state index contributed by atoms with van der Waals surface area (Å²) < 4.78 is 13.7. The molecule has 156 valence electrons. The van der Waals surface area contributed by atoms with Crippen LogP contribution in [0.4, 0.5) is 4.39 Å². The van der Waals surface area contributed by atoms with E-state index in [0.717, 1.165) is 5.56 Å². The zero-order valence-corrected chi connectivity index (χ0v) is 18.0. The molecule has 3 aromatic rings. The summed E-state index contributed by atoms with van der Waals surface area (Å²) in [4.78, 5) is 25.8. The minimum atomic E-state index is -0.668. The van der Waals surface area contributed by atoms with E-state index < -0.39 is 6.04 Å². The highest BCUT2D eigenvalue weighted by Crippen LogP contribution is 2.15. The molecule has 0 radical (unpaired) electrons. The number of carbonyl (C=O) groups is 2. The highest BCUT2D eigenvalue weighted by atomic mass is 32.2. The van der Waals surface area contributed by atoms with E-state index in [0.29, 0.717) is 34.9 Å². The minimum absolute atomic E-state index is 0.215. The van der Waals surface area contributed by atoms with Crippen molar-refractivity contribution in [2.45, 2.75) is 18.2 Å². The van der Waals surface area contributed by atoms with Gasteiger partial charge in [0.15, 0.2) is 0 Å². The second-order valence-electron chi connectivity index (χ2n) is 6.63. The van der Waals surface area contributed by atoms with Crippen LogP contribution in [0.15, 0.2) is 72.1 Å². The van der Waals surface area contributed by atoms with Crippen LogP contribution >= 0.6 is 23.1 Å². The predicted octanol–water partition coefficient (Wildman–Crippen LogP) is 4.28. The van der Waals surface area contributed by atoms with Gasteiger partial charge in [-0.2, -0.15) is 11.8 Å². The third-order valence-corrected chi connectivity index (χ3v) is 6.29. The molecule has 2 amide bonds. The van der Waals surface area contributed by atoms with Gasteiger partial charge in [-0.25, -0.2) is 4.39 Å². The van der Waals surface area contributed by atoms with Gasteiger partial charge in [0.05, 0.1) is 4.88 Å². The van der Waals surface area contributed by atoms with Crippen molar-refractivity contribution < 1.29 is 14.0 Å². The Balaban J connectivity index is 1.52. The first-order chi connectivity index (χ1) is 14.6. The van der Waals surface area contributed by atoms with Crippen molar-refractivity contribution >= 4 is 34.9 Å². The zero-order valence-electron chi connectivity index (χ0n) is 16.3. The second kappa shape index (κ2) is 11.5. The molecule has 1 aromatic heterocycles. The molecule has 0 saturated heterocycles. The van der Waals surface area contributed by atoms with E-state index in [1.807, 2.05) is 41.8 Å². The first-order valence-electron chi connectivity index (χ1n) is 9.60. The van der Waals surface area contributed by atoms with Gasteiger partial charge in [0.25, 0.3) is 5.91 Å². The fraction of sp³-hybridized carbons (Fsp3) is 0.217. The second-order valence-corrected chi connectivity index (χ2v) is 8.68. The van der Waals surface area contributed by atoms with Gasteiger partial charge in [-0.05, 0) is 28.6 Å². The highest BCUT2D eigenvalue weighted by Gasteiger charge is 2.22. The topological polar surface area (TPSA) is 58.2 Å². The lowest BCUT2D eigenvalue weighted by molar-refractivity contribution is -0.122. The van der Waals surface area contributed by atoms with Crippen LogP contribution in [-0.4, -0.2) is 30.2 Å². The Morgan fingerprint density at radius 1 is 1.00 bits per heavy atom. The zero-order chi connectivity index (χ0) is 21.2. The number of thioether (sulfide) groups is 1. The number of benzene rings is 2. The summed E-state index contributed by atoms with van der Waals surface area (Å²) >= 11 is 2.89. The third kappa shape index (κ3) is 6.71. The lowest BCUT2D eigenvalue weighted by Gasteiger charge is -2.18. The van der Waals surface area contributed by atoms with Crippen molar-refractivity contribution in [3.63, 3.8) is 0 Å². The molecule has 0 bridgehead atoms. The number of hydrogen-bond acceptors (Lipinski definition) is 4. The largest absolute Gasteiger partial charge is 0.353 e. The van der Waals surface area contributed by atoms with E-state index in [1.54, 1.807) is 36.0 Å². The average Bonchev–Trinajstić information content (AvgIpc) is 3.30. The Morgan fingerprint density at radius 2 is 1.77 bits per heavy atom. The van der Waals surface area contributed by atoms with Crippen LogP contribution in [0.5, 0.6) is 0 Å². The summed E-state index contributed by atoms with van der Waals surface area (Å²) in [6.45, 7) is 0.443. The minimum Gasteiger partial charge on any atom is -0.353 e. The first-order valence-corrected chi connectivity index (χ1v) is 11.6. The highest BCUT2D eigenvalue weighted by molar-refractivity contribution is 7.98. The van der Waals surface area contributed by atoms with Crippen molar-refractivity contribution in [3.8, 4) is 0 Å². The quantitative estimate of drug-likeness (QED) is 0.461. The summed E-state index contributed by atoms with van der Waals surface area (Å²) in [6, 6.07) is 19.1. The Morgan fingerprint density at radius 3 is 2.50 bits per heavy atom. The molecule has 0 saturated carbocycles. The van der Waals surface area contributed by atoms with Gasteiger partial charge in [0.2, 0.25) is 5.91 Å². The molecular weight excluding hydrogens is 419 g/mol. The molecule has 2 aromatic carbocycles. The van der Waals surface area contributed by atoms with Crippen LogP contribution in [0.2, 0.25) is 0 Å². The fourth-order valence-electron chi connectivity index (χ4n) is 2.86. The summed E-state index contributed by atoms with van der Waals surface area (Å²) in [5.41, 5.74) is 1.62. The van der Waals surface area contributed by atoms with Gasteiger partial charge in [-0.15, -0.1) is 11.3 Å². The van der Waals surface area contributed by atoms with E-state index in [1.165, 1.54) is 17.4 Å². The van der Waals surface area contributed by atoms with Crippen molar-refractivity contribution in [1.82, 2.24) is 10.6 Å². The maximum atomic E-state index is 13.7. The number of carbonyl (C=O) groups excluding carboxylic acids is 2. The van der Waals surface area contributed by atoms with Crippen LogP contribution in [0.3, 0.4) is 0 Å². The molecule has 3 rings (SSSR count). The fourth-order valence-corrected chi connectivity index (χ4v) is 4.33. The monoisotopic (exact) mass is 442 g/mol. The molecular formula is C23H23FN2O2S2. The molecule has 4 nitrogen and oxygen atoms in total. The molecule has 0 spiro atoms. The van der Waals surface area contributed by atoms with E-state index in [-0.39, 0.29) is 17.6 Å². The smallest absolute Gasteiger partial charge is 0.262 e. The maximum Gasteiger partial charge on any atom is 0.262 e. The van der Waals surface area contributed by atoms with Gasteiger partial charge >= 0.3 is 0 Å². The van der Waals surface area contributed by atoms with Gasteiger partial charge in [-0.1, -0.05) is 54.6 Å². The van der Waals surface area contributed by atoms with Crippen LogP contribution in [0.25, 0.3) is 0 Å². The molecule has 1 atom stereocenters. The molecule has 0 unspecified atom stereocenters. The number of hydrogen-bond donors (Lipinski definition) is 2. The van der Waals surface area contributed by atoms with E-state index in [2.05, 4.69) is 10.6 Å². The van der Waals surface area contributed by atoms with Gasteiger partial charge in [0.1, 0.15) is 11.9 Å². The molecule has 0 aliphatic heterocycles. The first kappa shape index (κ1) is 22.1. The van der Waals surface area contributed by atoms with Crippen molar-refractivity contribution in [1.29, 1.82) is 0 Å². The summed E-state index contributed by atoms with van der Waals surface area (Å²) in [7, 11) is 0. The van der Waals surface area contributed by atoms with Crippen molar-refractivity contribution in [3.05, 3.63) is 93.9 Å². The number of amides is 2. The van der Waals surface area contributed by atoms with Gasteiger partial charge < -0.3 is 10.6 Å². The van der Waals surface area contributed by atoms with Crippen LogP contribution in [0, 0.1) is 5.82 Å². The van der Waals surface area contributed by atoms with Crippen molar-refractivity contribution in [2.75, 3.05) is 12.3 Å². The molecule has 7 heteroatoms. The van der Waals surface area contributed by atoms with Crippen molar-refractivity contribution in [2.24, 2.45) is 0 Å². The van der Waals surface area contributed by atoms with Gasteiger partial charge in [-0.3, -0.25) is 9.59 Å². The van der Waals surface area contributed by atoms with E-state index in [9.17, 15) is 14.0 Å². The Bertz CT molecular complexity index is 949. The van der Waals surface area contributed by atoms with Gasteiger partial charge in [0, 0.05) is 24.5 Å². The lowest BCUT2D eigenvalue weighted by Crippen LogP contribution is -2.48. The number of halogens is 1.